The van der Waals surface area contributed by atoms with Crippen molar-refractivity contribution in [3.63, 3.8) is 0 Å². The Hall–Kier alpha value is -1.85. The fraction of sp³-hybridized carbons (Fsp3) is 0.429. The van der Waals surface area contributed by atoms with E-state index in [0.29, 0.717) is 16.9 Å². The lowest BCUT2D eigenvalue weighted by molar-refractivity contribution is 0.411. The molecule has 0 bridgehead atoms. The molecule has 140 valence electrons. The second-order valence-corrected chi connectivity index (χ2v) is 9.23. The van der Waals surface area contributed by atoms with Crippen LogP contribution in [0.2, 0.25) is 0 Å². The smallest absolute Gasteiger partial charge is 0.175 e. The van der Waals surface area contributed by atoms with Gasteiger partial charge in [0, 0.05) is 18.3 Å². The molecule has 2 aromatic carbocycles. The van der Waals surface area contributed by atoms with Gasteiger partial charge in [0.1, 0.15) is 5.75 Å². The molecular formula is C21H27NO3S. The molecule has 1 saturated carbocycles. The Labute approximate surface area is 156 Å². The fourth-order valence-corrected chi connectivity index (χ4v) is 4.41. The third-order valence-electron chi connectivity index (χ3n) is 5.29. The van der Waals surface area contributed by atoms with Gasteiger partial charge in [-0.05, 0) is 67.5 Å². The summed E-state index contributed by atoms with van der Waals surface area (Å²) in [6.45, 7) is 2.18. The number of sulfone groups is 1. The lowest BCUT2D eigenvalue weighted by Crippen LogP contribution is -2.29. The van der Waals surface area contributed by atoms with Gasteiger partial charge in [-0.1, -0.05) is 24.3 Å². The Balaban J connectivity index is 1.61. The van der Waals surface area contributed by atoms with Gasteiger partial charge in [0.2, 0.25) is 0 Å². The Morgan fingerprint density at radius 2 is 1.85 bits per heavy atom. The summed E-state index contributed by atoms with van der Waals surface area (Å²) in [6.07, 6.45) is 4.58. The van der Waals surface area contributed by atoms with Crippen LogP contribution < -0.4 is 10.1 Å². The van der Waals surface area contributed by atoms with Gasteiger partial charge in [0.05, 0.1) is 12.0 Å². The van der Waals surface area contributed by atoms with Crippen molar-refractivity contribution in [2.24, 2.45) is 0 Å². The van der Waals surface area contributed by atoms with Crippen molar-refractivity contribution in [1.29, 1.82) is 0 Å². The summed E-state index contributed by atoms with van der Waals surface area (Å²) >= 11 is 0. The Morgan fingerprint density at radius 3 is 2.50 bits per heavy atom. The zero-order chi connectivity index (χ0) is 18.7. The summed E-state index contributed by atoms with van der Waals surface area (Å²) in [4.78, 5) is 0.389. The quantitative estimate of drug-likeness (QED) is 0.829. The van der Waals surface area contributed by atoms with E-state index in [1.807, 2.05) is 24.3 Å². The Bertz CT molecular complexity index is 846. The van der Waals surface area contributed by atoms with Crippen LogP contribution in [0, 0.1) is 0 Å². The number of hydrogen-bond acceptors (Lipinski definition) is 4. The minimum Gasteiger partial charge on any atom is -0.497 e. The molecule has 4 nitrogen and oxygen atoms in total. The van der Waals surface area contributed by atoms with Crippen molar-refractivity contribution in [2.75, 3.05) is 13.4 Å². The molecular weight excluding hydrogens is 346 g/mol. The maximum Gasteiger partial charge on any atom is 0.175 e. The summed E-state index contributed by atoms with van der Waals surface area (Å²) in [7, 11) is -1.44. The van der Waals surface area contributed by atoms with Crippen LogP contribution in [0.3, 0.4) is 0 Å². The van der Waals surface area contributed by atoms with Gasteiger partial charge in [0.25, 0.3) is 0 Å². The van der Waals surface area contributed by atoms with Crippen LogP contribution in [0.25, 0.3) is 0 Å². The number of hydrogen-bond donors (Lipinski definition) is 1. The van der Waals surface area contributed by atoms with E-state index in [1.165, 1.54) is 17.4 Å². The summed E-state index contributed by atoms with van der Waals surface area (Å²) in [5, 5.41) is 3.73. The largest absolute Gasteiger partial charge is 0.497 e. The lowest BCUT2D eigenvalue weighted by atomic mass is 9.97. The van der Waals surface area contributed by atoms with Gasteiger partial charge in [0.15, 0.2) is 9.84 Å². The molecule has 0 aliphatic heterocycles. The second kappa shape index (κ2) is 7.80. The van der Waals surface area contributed by atoms with Gasteiger partial charge in [-0.25, -0.2) is 8.42 Å². The molecule has 1 aliphatic rings. The normalized spacial score (nSPS) is 21.5. The van der Waals surface area contributed by atoms with Gasteiger partial charge in [-0.3, -0.25) is 0 Å². The molecule has 0 saturated heterocycles. The number of benzene rings is 2. The maximum atomic E-state index is 11.6. The fourth-order valence-electron chi connectivity index (χ4n) is 3.78. The first kappa shape index (κ1) is 18.9. The molecule has 1 aliphatic carbocycles. The SMILES string of the molecule is COc1cccc([C@@H](C)NC2CCC(c3ccc(S(C)(=O)=O)cc3)C2)c1. The second-order valence-electron chi connectivity index (χ2n) is 7.21. The van der Waals surface area contributed by atoms with E-state index in [9.17, 15) is 8.42 Å². The number of ether oxygens (including phenoxy) is 1. The minimum absolute atomic E-state index is 0.265. The summed E-state index contributed by atoms with van der Waals surface area (Å²) in [5.41, 5.74) is 2.46. The average molecular weight is 374 g/mol. The topological polar surface area (TPSA) is 55.4 Å². The van der Waals surface area contributed by atoms with Crippen molar-refractivity contribution < 1.29 is 13.2 Å². The summed E-state index contributed by atoms with van der Waals surface area (Å²) in [5.74, 6) is 1.37. The maximum absolute atomic E-state index is 11.6. The third-order valence-corrected chi connectivity index (χ3v) is 6.42. The van der Waals surface area contributed by atoms with Gasteiger partial charge in [-0.15, -0.1) is 0 Å². The lowest BCUT2D eigenvalue weighted by Gasteiger charge is -2.20. The highest BCUT2D eigenvalue weighted by atomic mass is 32.2. The molecule has 3 atom stereocenters. The summed E-state index contributed by atoms with van der Waals surface area (Å²) < 4.78 is 28.5. The minimum atomic E-state index is -3.13. The standard InChI is InChI=1S/C21H27NO3S/c1-15(17-5-4-6-20(14-17)25-2)22-19-10-7-18(13-19)16-8-11-21(12-9-16)26(3,23)24/h4-6,8-9,11-12,14-15,18-19,22H,7,10,13H2,1-3H3/t15-,18?,19?/m1/s1. The van der Waals surface area contributed by atoms with Crippen molar-refractivity contribution >= 4 is 9.84 Å². The molecule has 2 aromatic rings. The molecule has 1 fully saturated rings. The molecule has 3 rings (SSSR count). The molecule has 0 heterocycles. The van der Waals surface area contributed by atoms with E-state index < -0.39 is 9.84 Å². The molecule has 1 N–H and O–H groups in total. The van der Waals surface area contributed by atoms with Crippen molar-refractivity contribution in [2.45, 2.75) is 49.1 Å². The van der Waals surface area contributed by atoms with Crippen LogP contribution in [0.15, 0.2) is 53.4 Å². The van der Waals surface area contributed by atoms with E-state index in [-0.39, 0.29) is 6.04 Å². The predicted octanol–water partition coefficient (Wildman–Crippen LogP) is 4.09. The van der Waals surface area contributed by atoms with Crippen LogP contribution >= 0.6 is 0 Å². The van der Waals surface area contributed by atoms with E-state index in [2.05, 4.69) is 24.4 Å². The first-order chi connectivity index (χ1) is 12.4. The number of rotatable bonds is 6. The first-order valence-corrected chi connectivity index (χ1v) is 11.0. The van der Waals surface area contributed by atoms with E-state index in [0.717, 1.165) is 25.0 Å². The van der Waals surface area contributed by atoms with Crippen molar-refractivity contribution in [1.82, 2.24) is 5.32 Å². The zero-order valence-corrected chi connectivity index (χ0v) is 16.4. The number of nitrogens with one attached hydrogen (secondary N) is 1. The van der Waals surface area contributed by atoms with Crippen LogP contribution in [0.5, 0.6) is 5.75 Å². The van der Waals surface area contributed by atoms with Crippen LogP contribution in [-0.2, 0) is 9.84 Å². The van der Waals surface area contributed by atoms with Gasteiger partial charge >= 0.3 is 0 Å². The predicted molar refractivity (Wildman–Crippen MR) is 104 cm³/mol. The highest BCUT2D eigenvalue weighted by Crippen LogP contribution is 2.36. The highest BCUT2D eigenvalue weighted by Gasteiger charge is 2.27. The highest BCUT2D eigenvalue weighted by molar-refractivity contribution is 7.90. The van der Waals surface area contributed by atoms with Gasteiger partial charge in [-0.2, -0.15) is 0 Å². The molecule has 2 unspecified atom stereocenters. The molecule has 0 spiro atoms. The van der Waals surface area contributed by atoms with Crippen molar-refractivity contribution in [3.05, 3.63) is 59.7 Å². The molecule has 26 heavy (non-hydrogen) atoms. The Kier molecular flexibility index (Phi) is 5.68. The van der Waals surface area contributed by atoms with Crippen LogP contribution in [0.1, 0.15) is 49.3 Å². The van der Waals surface area contributed by atoms with Crippen LogP contribution in [0.4, 0.5) is 0 Å². The van der Waals surface area contributed by atoms with E-state index in [4.69, 9.17) is 4.74 Å². The van der Waals surface area contributed by atoms with Crippen molar-refractivity contribution in [3.8, 4) is 5.75 Å². The third kappa shape index (κ3) is 4.46. The molecule has 0 aromatic heterocycles. The molecule has 0 amide bonds. The summed E-state index contributed by atoms with van der Waals surface area (Å²) in [6, 6.07) is 16.3. The zero-order valence-electron chi connectivity index (χ0n) is 15.6. The van der Waals surface area contributed by atoms with E-state index >= 15 is 0 Å². The van der Waals surface area contributed by atoms with Gasteiger partial charge < -0.3 is 10.1 Å². The molecule has 5 heteroatoms. The molecule has 0 radical (unpaired) electrons. The first-order valence-electron chi connectivity index (χ1n) is 9.07. The van der Waals surface area contributed by atoms with Crippen LogP contribution in [-0.4, -0.2) is 27.8 Å². The van der Waals surface area contributed by atoms with E-state index in [1.54, 1.807) is 19.2 Å². The Morgan fingerprint density at radius 1 is 1.12 bits per heavy atom. The number of methoxy groups -OCH3 is 1. The average Bonchev–Trinajstić information content (AvgIpc) is 3.09. The monoisotopic (exact) mass is 373 g/mol.